The van der Waals surface area contributed by atoms with Crippen LogP contribution in [0.4, 0.5) is 0 Å². The fourth-order valence-electron chi connectivity index (χ4n) is 2.98. The van der Waals surface area contributed by atoms with Crippen LogP contribution < -0.4 is 5.56 Å². The molecule has 0 aliphatic heterocycles. The van der Waals surface area contributed by atoms with Crippen molar-refractivity contribution in [2.75, 3.05) is 0 Å². The molecule has 25 heavy (non-hydrogen) atoms. The Balaban J connectivity index is 1.63. The number of aromatic nitrogens is 4. The molecule has 132 valence electrons. The van der Waals surface area contributed by atoms with E-state index in [9.17, 15) is 4.79 Å². The second kappa shape index (κ2) is 5.95. The molecule has 0 radical (unpaired) electrons. The molecule has 0 unspecified atom stereocenters. The first-order chi connectivity index (χ1) is 11.8. The minimum atomic E-state index is -0.145. The van der Waals surface area contributed by atoms with E-state index in [4.69, 9.17) is 9.51 Å². The van der Waals surface area contributed by atoms with Crippen LogP contribution in [0.2, 0.25) is 0 Å². The number of aryl methyl sites for hydroxylation is 2. The van der Waals surface area contributed by atoms with Gasteiger partial charge in [-0.05, 0) is 24.8 Å². The fourth-order valence-corrected chi connectivity index (χ4v) is 5.09. The molecule has 0 atom stereocenters. The van der Waals surface area contributed by atoms with Crippen molar-refractivity contribution < 1.29 is 4.52 Å². The maximum atomic E-state index is 12.8. The van der Waals surface area contributed by atoms with Gasteiger partial charge >= 0.3 is 0 Å². The Morgan fingerprint density at radius 3 is 2.80 bits per heavy atom. The highest BCUT2D eigenvalue weighted by Crippen LogP contribution is 2.35. The number of thioether (sulfide) groups is 1. The molecule has 0 aromatic carbocycles. The lowest BCUT2D eigenvalue weighted by atomic mass is 9.96. The number of rotatable bonds is 3. The molecule has 1 aliphatic carbocycles. The van der Waals surface area contributed by atoms with Crippen LogP contribution in [0.15, 0.2) is 14.5 Å². The third-order valence-corrected chi connectivity index (χ3v) is 6.57. The van der Waals surface area contributed by atoms with Crippen LogP contribution >= 0.6 is 23.1 Å². The molecule has 0 amide bonds. The van der Waals surface area contributed by atoms with Gasteiger partial charge in [-0.1, -0.05) is 37.7 Å². The number of hydrogen-bond donors (Lipinski definition) is 0. The van der Waals surface area contributed by atoms with Crippen LogP contribution in [0.25, 0.3) is 10.2 Å². The minimum Gasteiger partial charge on any atom is -0.338 e. The van der Waals surface area contributed by atoms with Crippen molar-refractivity contribution in [1.29, 1.82) is 0 Å². The highest BCUT2D eigenvalue weighted by Gasteiger charge is 2.23. The molecule has 0 bridgehead atoms. The molecule has 0 spiro atoms. The molecule has 0 N–H and O–H groups in total. The summed E-state index contributed by atoms with van der Waals surface area (Å²) < 4.78 is 6.96. The van der Waals surface area contributed by atoms with Crippen molar-refractivity contribution in [2.45, 2.75) is 56.4 Å². The molecular weight excluding hydrogens is 356 g/mol. The van der Waals surface area contributed by atoms with E-state index in [1.54, 1.807) is 23.0 Å². The summed E-state index contributed by atoms with van der Waals surface area (Å²) in [5, 5.41) is 5.54. The van der Waals surface area contributed by atoms with E-state index in [1.807, 2.05) is 20.8 Å². The molecule has 3 heterocycles. The van der Waals surface area contributed by atoms with Gasteiger partial charge in [0.05, 0.1) is 11.1 Å². The third kappa shape index (κ3) is 2.91. The molecule has 0 saturated carbocycles. The van der Waals surface area contributed by atoms with E-state index in [0.29, 0.717) is 22.6 Å². The molecule has 8 heteroatoms. The molecule has 4 rings (SSSR count). The van der Waals surface area contributed by atoms with Crippen LogP contribution in [0.3, 0.4) is 0 Å². The van der Waals surface area contributed by atoms with Gasteiger partial charge in [0, 0.05) is 17.3 Å². The van der Waals surface area contributed by atoms with Crippen LogP contribution in [-0.4, -0.2) is 19.7 Å². The molecule has 0 fully saturated rings. The normalized spacial score (nSPS) is 14.4. The maximum Gasteiger partial charge on any atom is 0.262 e. The average Bonchev–Trinajstić information content (AvgIpc) is 3.23. The van der Waals surface area contributed by atoms with Crippen molar-refractivity contribution >= 4 is 33.3 Å². The van der Waals surface area contributed by atoms with Crippen molar-refractivity contribution in [3.8, 4) is 0 Å². The molecule has 3 aromatic heterocycles. The fraction of sp³-hybridized carbons (Fsp3) is 0.529. The van der Waals surface area contributed by atoms with Crippen LogP contribution in [0, 0.1) is 0 Å². The summed E-state index contributed by atoms with van der Waals surface area (Å²) in [5.74, 6) is 1.74. The van der Waals surface area contributed by atoms with Crippen molar-refractivity contribution in [3.63, 3.8) is 0 Å². The standard InChI is InChI=1S/C17H20N4O2S2/c1-17(2,3)15-18-11(23-20-15)8-24-16-19-13-12(14(22)21(16)4)9-6-5-7-10(9)25-13/h5-8H2,1-4H3. The largest absolute Gasteiger partial charge is 0.338 e. The zero-order valence-electron chi connectivity index (χ0n) is 14.8. The van der Waals surface area contributed by atoms with Gasteiger partial charge < -0.3 is 4.52 Å². The summed E-state index contributed by atoms with van der Waals surface area (Å²) in [6.45, 7) is 6.14. The van der Waals surface area contributed by atoms with Crippen LogP contribution in [0.1, 0.15) is 49.3 Å². The first kappa shape index (κ1) is 16.8. The van der Waals surface area contributed by atoms with Gasteiger partial charge in [0.25, 0.3) is 5.56 Å². The van der Waals surface area contributed by atoms with Gasteiger partial charge in [-0.15, -0.1) is 11.3 Å². The lowest BCUT2D eigenvalue weighted by Gasteiger charge is -2.10. The molecule has 1 aliphatic rings. The zero-order valence-corrected chi connectivity index (χ0v) is 16.4. The molecule has 3 aromatic rings. The predicted octanol–water partition coefficient (Wildman–Crippen LogP) is 3.46. The molecule has 6 nitrogen and oxygen atoms in total. The summed E-state index contributed by atoms with van der Waals surface area (Å²) in [7, 11) is 1.78. The number of hydrogen-bond acceptors (Lipinski definition) is 7. The highest BCUT2D eigenvalue weighted by atomic mass is 32.2. The highest BCUT2D eigenvalue weighted by molar-refractivity contribution is 7.98. The van der Waals surface area contributed by atoms with Crippen LogP contribution in [0.5, 0.6) is 0 Å². The smallest absolute Gasteiger partial charge is 0.262 e. The van der Waals surface area contributed by atoms with Crippen molar-refractivity contribution in [3.05, 3.63) is 32.5 Å². The Bertz CT molecular complexity index is 1010. The Hall–Kier alpha value is -1.67. The quantitative estimate of drug-likeness (QED) is 0.515. The van der Waals surface area contributed by atoms with E-state index in [2.05, 4.69) is 10.1 Å². The number of thiophene rings is 1. The summed E-state index contributed by atoms with van der Waals surface area (Å²) in [4.78, 5) is 24.1. The van der Waals surface area contributed by atoms with Crippen LogP contribution in [-0.2, 0) is 31.1 Å². The Morgan fingerprint density at radius 2 is 2.08 bits per heavy atom. The van der Waals surface area contributed by atoms with E-state index in [1.165, 1.54) is 22.2 Å². The van der Waals surface area contributed by atoms with Crippen molar-refractivity contribution in [2.24, 2.45) is 7.05 Å². The summed E-state index contributed by atoms with van der Waals surface area (Å²) in [6, 6.07) is 0. The second-order valence-corrected chi connectivity index (χ2v) is 9.37. The van der Waals surface area contributed by atoms with E-state index >= 15 is 0 Å². The number of nitrogens with zero attached hydrogens (tertiary/aromatic N) is 4. The van der Waals surface area contributed by atoms with Gasteiger partial charge in [-0.25, -0.2) is 4.98 Å². The summed E-state index contributed by atoms with van der Waals surface area (Å²) >= 11 is 3.12. The van der Waals surface area contributed by atoms with E-state index in [-0.39, 0.29) is 11.0 Å². The van der Waals surface area contributed by atoms with Gasteiger partial charge in [0.1, 0.15) is 4.83 Å². The maximum absolute atomic E-state index is 12.8. The third-order valence-electron chi connectivity index (χ3n) is 4.37. The van der Waals surface area contributed by atoms with E-state index < -0.39 is 0 Å². The topological polar surface area (TPSA) is 73.8 Å². The van der Waals surface area contributed by atoms with Gasteiger partial charge in [-0.2, -0.15) is 4.98 Å². The lowest BCUT2D eigenvalue weighted by molar-refractivity contribution is 0.372. The zero-order chi connectivity index (χ0) is 17.8. The van der Waals surface area contributed by atoms with Gasteiger partial charge in [0.15, 0.2) is 11.0 Å². The van der Waals surface area contributed by atoms with E-state index in [0.717, 1.165) is 29.5 Å². The Morgan fingerprint density at radius 1 is 1.28 bits per heavy atom. The van der Waals surface area contributed by atoms with Gasteiger partial charge in [0.2, 0.25) is 5.89 Å². The first-order valence-corrected chi connectivity index (χ1v) is 10.1. The number of fused-ring (bicyclic) bond motifs is 3. The van der Waals surface area contributed by atoms with Crippen molar-refractivity contribution in [1.82, 2.24) is 19.7 Å². The second-order valence-electron chi connectivity index (χ2n) is 7.35. The average molecular weight is 377 g/mol. The Kier molecular flexibility index (Phi) is 3.99. The molecule has 0 saturated heterocycles. The summed E-state index contributed by atoms with van der Waals surface area (Å²) in [5.41, 5.74) is 1.12. The monoisotopic (exact) mass is 376 g/mol. The Labute approximate surface area is 153 Å². The SMILES string of the molecule is Cn1c(SCc2nc(C(C)(C)C)no2)nc2sc3c(c2c1=O)CCC3. The first-order valence-electron chi connectivity index (χ1n) is 8.31. The predicted molar refractivity (Wildman–Crippen MR) is 99.4 cm³/mol. The lowest BCUT2D eigenvalue weighted by Crippen LogP contribution is -2.20. The minimum absolute atomic E-state index is 0.0489. The van der Waals surface area contributed by atoms with Gasteiger partial charge in [-0.3, -0.25) is 9.36 Å². The molecular formula is C17H20N4O2S2. The summed E-state index contributed by atoms with van der Waals surface area (Å²) in [6.07, 6.45) is 3.21.